The zero-order chi connectivity index (χ0) is 13.3. The predicted octanol–water partition coefficient (Wildman–Crippen LogP) is 1.35. The van der Waals surface area contributed by atoms with Crippen LogP contribution in [0.2, 0.25) is 0 Å². The quantitative estimate of drug-likeness (QED) is 0.873. The lowest BCUT2D eigenvalue weighted by Gasteiger charge is -2.20. The summed E-state index contributed by atoms with van der Waals surface area (Å²) in [5.74, 6) is -0.371. The summed E-state index contributed by atoms with van der Waals surface area (Å²) in [6.07, 6.45) is -4.25. The van der Waals surface area contributed by atoms with E-state index < -0.39 is 11.9 Å². The van der Waals surface area contributed by atoms with E-state index in [1.54, 1.807) is 0 Å². The summed E-state index contributed by atoms with van der Waals surface area (Å²) in [6, 6.07) is 2.07. The van der Waals surface area contributed by atoms with Crippen LogP contribution < -0.4 is 15.2 Å². The fourth-order valence-corrected chi connectivity index (χ4v) is 1.60. The van der Waals surface area contributed by atoms with Crippen molar-refractivity contribution in [2.45, 2.75) is 12.6 Å². The van der Waals surface area contributed by atoms with Crippen LogP contribution in [0.3, 0.4) is 0 Å². The molecule has 0 unspecified atom stereocenters. The molecule has 1 aliphatic rings. The molecule has 1 aromatic heterocycles. The summed E-state index contributed by atoms with van der Waals surface area (Å²) in [7, 11) is 1.23. The molecule has 0 radical (unpaired) electrons. The molecule has 0 aliphatic carbocycles. The van der Waals surface area contributed by atoms with Crippen LogP contribution in [0.4, 0.5) is 18.9 Å². The SMILES string of the molecule is COc1nc(C(F)(F)F)ccc1N1CCC(=O)N1. The van der Waals surface area contributed by atoms with Gasteiger partial charge in [-0.1, -0.05) is 0 Å². The number of pyridine rings is 1. The Morgan fingerprint density at radius 1 is 1.44 bits per heavy atom. The van der Waals surface area contributed by atoms with E-state index in [0.29, 0.717) is 12.2 Å². The first-order chi connectivity index (χ1) is 8.41. The summed E-state index contributed by atoms with van der Waals surface area (Å²) in [5.41, 5.74) is 1.76. The second kappa shape index (κ2) is 4.35. The number of methoxy groups -OCH3 is 1. The second-order valence-electron chi connectivity index (χ2n) is 3.66. The predicted molar refractivity (Wildman–Crippen MR) is 55.9 cm³/mol. The third kappa shape index (κ3) is 2.31. The van der Waals surface area contributed by atoms with E-state index in [-0.39, 0.29) is 18.2 Å². The van der Waals surface area contributed by atoms with Crippen molar-refractivity contribution in [2.75, 3.05) is 18.7 Å². The summed E-state index contributed by atoms with van der Waals surface area (Å²) < 4.78 is 42.2. The maximum Gasteiger partial charge on any atom is 0.433 e. The van der Waals surface area contributed by atoms with Crippen molar-refractivity contribution in [3.05, 3.63) is 17.8 Å². The molecule has 1 N–H and O–H groups in total. The van der Waals surface area contributed by atoms with Gasteiger partial charge in [0.25, 0.3) is 0 Å². The van der Waals surface area contributed by atoms with E-state index in [0.717, 1.165) is 6.07 Å². The number of carbonyl (C=O) groups excluding carboxylic acids is 1. The molecule has 1 saturated heterocycles. The number of anilines is 1. The van der Waals surface area contributed by atoms with Crippen LogP contribution in [0.1, 0.15) is 12.1 Å². The monoisotopic (exact) mass is 261 g/mol. The first-order valence-corrected chi connectivity index (χ1v) is 5.11. The molecule has 0 spiro atoms. The van der Waals surface area contributed by atoms with E-state index in [4.69, 9.17) is 4.74 Å². The van der Waals surface area contributed by atoms with Gasteiger partial charge >= 0.3 is 6.18 Å². The molecule has 1 aromatic rings. The van der Waals surface area contributed by atoms with Crippen molar-refractivity contribution in [3.63, 3.8) is 0 Å². The summed E-state index contributed by atoms with van der Waals surface area (Å²) in [6.45, 7) is 0.363. The van der Waals surface area contributed by atoms with Gasteiger partial charge in [0.2, 0.25) is 11.8 Å². The molecule has 2 heterocycles. The highest BCUT2D eigenvalue weighted by molar-refractivity contribution is 5.82. The number of hydrogen-bond acceptors (Lipinski definition) is 4. The van der Waals surface area contributed by atoms with Gasteiger partial charge in [-0.3, -0.25) is 15.2 Å². The van der Waals surface area contributed by atoms with Gasteiger partial charge in [-0.05, 0) is 12.1 Å². The highest BCUT2D eigenvalue weighted by Gasteiger charge is 2.34. The Hall–Kier alpha value is -1.99. The Bertz CT molecular complexity index is 476. The molecule has 2 rings (SSSR count). The molecule has 1 aliphatic heterocycles. The molecule has 1 amide bonds. The standard InChI is InChI=1S/C10H10F3N3O2/c1-18-9-6(16-5-4-8(17)15-16)2-3-7(14-9)10(11,12)13/h2-3H,4-5H2,1H3,(H,15,17). The van der Waals surface area contributed by atoms with Crippen LogP contribution >= 0.6 is 0 Å². The topological polar surface area (TPSA) is 54.5 Å². The molecular weight excluding hydrogens is 251 g/mol. The molecular formula is C10H10F3N3O2. The van der Waals surface area contributed by atoms with Gasteiger partial charge in [-0.2, -0.15) is 13.2 Å². The highest BCUT2D eigenvalue weighted by atomic mass is 19.4. The van der Waals surface area contributed by atoms with E-state index in [1.807, 2.05) is 0 Å². The number of carbonyl (C=O) groups is 1. The summed E-state index contributed by atoms with van der Waals surface area (Å²) >= 11 is 0. The smallest absolute Gasteiger partial charge is 0.433 e. The number of ether oxygens (including phenoxy) is 1. The normalized spacial score (nSPS) is 15.8. The van der Waals surface area contributed by atoms with Crippen LogP contribution in [-0.2, 0) is 11.0 Å². The van der Waals surface area contributed by atoms with Crippen molar-refractivity contribution in [3.8, 4) is 5.88 Å². The number of halogens is 3. The van der Waals surface area contributed by atoms with Gasteiger partial charge in [0, 0.05) is 13.0 Å². The Morgan fingerprint density at radius 3 is 2.67 bits per heavy atom. The molecule has 0 atom stereocenters. The van der Waals surface area contributed by atoms with E-state index in [9.17, 15) is 18.0 Å². The zero-order valence-electron chi connectivity index (χ0n) is 9.41. The average molecular weight is 261 g/mol. The fraction of sp³-hybridized carbons (Fsp3) is 0.400. The number of hydrogen-bond donors (Lipinski definition) is 1. The maximum absolute atomic E-state index is 12.5. The molecule has 5 nitrogen and oxygen atoms in total. The largest absolute Gasteiger partial charge is 0.479 e. The highest BCUT2D eigenvalue weighted by Crippen LogP contribution is 2.33. The lowest BCUT2D eigenvalue weighted by Crippen LogP contribution is -2.33. The fourth-order valence-electron chi connectivity index (χ4n) is 1.60. The number of amides is 1. The van der Waals surface area contributed by atoms with Gasteiger partial charge < -0.3 is 4.74 Å². The first kappa shape index (κ1) is 12.5. The second-order valence-corrected chi connectivity index (χ2v) is 3.66. The van der Waals surface area contributed by atoms with Crippen LogP contribution in [0.25, 0.3) is 0 Å². The van der Waals surface area contributed by atoms with Gasteiger partial charge in [0.15, 0.2) is 0 Å². The van der Waals surface area contributed by atoms with Crippen molar-refractivity contribution >= 4 is 11.6 Å². The van der Waals surface area contributed by atoms with E-state index >= 15 is 0 Å². The molecule has 0 saturated carbocycles. The Morgan fingerprint density at radius 2 is 2.17 bits per heavy atom. The maximum atomic E-state index is 12.5. The van der Waals surface area contributed by atoms with Crippen LogP contribution in [-0.4, -0.2) is 24.5 Å². The zero-order valence-corrected chi connectivity index (χ0v) is 9.41. The van der Waals surface area contributed by atoms with Crippen LogP contribution in [0, 0.1) is 0 Å². The van der Waals surface area contributed by atoms with Crippen LogP contribution in [0.15, 0.2) is 12.1 Å². The lowest BCUT2D eigenvalue weighted by atomic mass is 10.3. The van der Waals surface area contributed by atoms with Crippen molar-refractivity contribution in [1.82, 2.24) is 10.4 Å². The number of nitrogens with one attached hydrogen (secondary N) is 1. The van der Waals surface area contributed by atoms with E-state index in [1.165, 1.54) is 18.2 Å². The number of hydrazine groups is 1. The van der Waals surface area contributed by atoms with Crippen molar-refractivity contribution in [1.29, 1.82) is 0 Å². The summed E-state index contributed by atoms with van der Waals surface area (Å²) in [5, 5.41) is 1.41. The molecule has 0 aromatic carbocycles. The van der Waals surface area contributed by atoms with E-state index in [2.05, 4.69) is 10.4 Å². The minimum absolute atomic E-state index is 0.174. The Kier molecular flexibility index (Phi) is 3.02. The number of nitrogens with zero attached hydrogens (tertiary/aromatic N) is 2. The number of aromatic nitrogens is 1. The molecule has 1 fully saturated rings. The summed E-state index contributed by atoms with van der Waals surface area (Å²) in [4.78, 5) is 14.5. The van der Waals surface area contributed by atoms with Gasteiger partial charge in [-0.15, -0.1) is 0 Å². The minimum atomic E-state index is -4.53. The first-order valence-electron chi connectivity index (χ1n) is 5.11. The van der Waals surface area contributed by atoms with Crippen molar-refractivity contribution < 1.29 is 22.7 Å². The van der Waals surface area contributed by atoms with Gasteiger partial charge in [0.05, 0.1) is 7.11 Å². The number of rotatable bonds is 2. The number of alkyl halides is 3. The Balaban J connectivity index is 2.35. The molecule has 98 valence electrons. The Labute approximate surface area is 101 Å². The van der Waals surface area contributed by atoms with Gasteiger partial charge in [0.1, 0.15) is 11.4 Å². The third-order valence-corrected chi connectivity index (χ3v) is 2.44. The van der Waals surface area contributed by atoms with Crippen LogP contribution in [0.5, 0.6) is 5.88 Å². The molecule has 18 heavy (non-hydrogen) atoms. The lowest BCUT2D eigenvalue weighted by molar-refractivity contribution is -0.141. The minimum Gasteiger partial charge on any atom is -0.479 e. The average Bonchev–Trinajstić information content (AvgIpc) is 2.73. The third-order valence-electron chi connectivity index (χ3n) is 2.44. The molecule has 0 bridgehead atoms. The molecule has 8 heteroatoms. The van der Waals surface area contributed by atoms with Gasteiger partial charge in [-0.25, -0.2) is 4.98 Å². The van der Waals surface area contributed by atoms with Crippen molar-refractivity contribution in [2.24, 2.45) is 0 Å².